The first kappa shape index (κ1) is 10.5. The molecule has 1 N–H and O–H groups in total. The molecule has 0 radical (unpaired) electrons. The first-order valence-corrected chi connectivity index (χ1v) is 4.66. The number of rotatable bonds is 3. The van der Waals surface area contributed by atoms with Crippen molar-refractivity contribution < 1.29 is 9.32 Å². The van der Waals surface area contributed by atoms with E-state index in [4.69, 9.17) is 11.6 Å². The molecule has 16 heavy (non-hydrogen) atoms. The fourth-order valence-electron chi connectivity index (χ4n) is 0.957. The summed E-state index contributed by atoms with van der Waals surface area (Å²) in [4.78, 5) is 15.3. The van der Waals surface area contributed by atoms with Crippen molar-refractivity contribution in [2.75, 3.05) is 0 Å². The number of carbonyl (C=O) groups excluding carboxylic acids is 1. The number of hydrogen-bond acceptors (Lipinski definition) is 6. The van der Waals surface area contributed by atoms with Crippen molar-refractivity contribution in [1.82, 2.24) is 25.7 Å². The predicted octanol–water partition coefficient (Wildman–Crippen LogP) is 0.443. The molecule has 0 fully saturated rings. The van der Waals surface area contributed by atoms with Gasteiger partial charge in [0.1, 0.15) is 0 Å². The number of nitrogens with zero attached hydrogens (tertiary/aromatic N) is 4. The maximum absolute atomic E-state index is 11.5. The Labute approximate surface area is 94.8 Å². The van der Waals surface area contributed by atoms with Crippen molar-refractivity contribution in [3.8, 4) is 0 Å². The zero-order valence-electron chi connectivity index (χ0n) is 7.92. The predicted molar refractivity (Wildman–Crippen MR) is 52.5 cm³/mol. The second kappa shape index (κ2) is 4.67. The molecule has 0 unspecified atom stereocenters. The van der Waals surface area contributed by atoms with Crippen molar-refractivity contribution in [3.63, 3.8) is 0 Å². The highest BCUT2D eigenvalue weighted by atomic mass is 35.5. The van der Waals surface area contributed by atoms with E-state index in [2.05, 4.69) is 30.2 Å². The quantitative estimate of drug-likeness (QED) is 0.835. The van der Waals surface area contributed by atoms with Gasteiger partial charge in [0.25, 0.3) is 5.91 Å². The molecular weight excluding hydrogens is 234 g/mol. The van der Waals surface area contributed by atoms with Crippen molar-refractivity contribution in [2.45, 2.75) is 6.54 Å². The summed E-state index contributed by atoms with van der Waals surface area (Å²) in [5, 5.41) is 13.5. The number of aromatic nitrogens is 4. The van der Waals surface area contributed by atoms with Gasteiger partial charge in [-0.05, 0) is 12.1 Å². The van der Waals surface area contributed by atoms with Gasteiger partial charge in [0.2, 0.25) is 6.39 Å². The van der Waals surface area contributed by atoms with Crippen LogP contribution >= 0.6 is 11.6 Å². The van der Waals surface area contributed by atoms with Gasteiger partial charge in [-0.15, -0.1) is 10.2 Å². The monoisotopic (exact) mass is 239 g/mol. The van der Waals surface area contributed by atoms with Crippen LogP contribution in [0.4, 0.5) is 0 Å². The lowest BCUT2D eigenvalue weighted by atomic mass is 10.3. The summed E-state index contributed by atoms with van der Waals surface area (Å²) in [5.41, 5.74) is 0.174. The van der Waals surface area contributed by atoms with E-state index in [0.29, 0.717) is 5.82 Å². The minimum atomic E-state index is -0.381. The fourth-order valence-corrected chi connectivity index (χ4v) is 1.06. The van der Waals surface area contributed by atoms with E-state index < -0.39 is 0 Å². The maximum Gasteiger partial charge on any atom is 0.272 e. The van der Waals surface area contributed by atoms with Gasteiger partial charge < -0.3 is 9.84 Å². The lowest BCUT2D eigenvalue weighted by molar-refractivity contribution is 0.0943. The smallest absolute Gasteiger partial charge is 0.272 e. The van der Waals surface area contributed by atoms with Gasteiger partial charge in [0.05, 0.1) is 6.54 Å². The SMILES string of the molecule is O=C(NCc1ncon1)c1ccc(Cl)nn1. The minimum Gasteiger partial charge on any atom is -0.343 e. The Balaban J connectivity index is 1.95. The average molecular weight is 240 g/mol. The van der Waals surface area contributed by atoms with Crippen LogP contribution in [0.25, 0.3) is 0 Å². The van der Waals surface area contributed by atoms with E-state index in [1.807, 2.05) is 0 Å². The van der Waals surface area contributed by atoms with Crippen LogP contribution in [-0.2, 0) is 6.54 Å². The van der Waals surface area contributed by atoms with Gasteiger partial charge >= 0.3 is 0 Å². The summed E-state index contributed by atoms with van der Waals surface area (Å²) < 4.78 is 4.51. The lowest BCUT2D eigenvalue weighted by Gasteiger charge is -2.00. The minimum absolute atomic E-state index is 0.166. The van der Waals surface area contributed by atoms with Crippen LogP contribution in [-0.4, -0.2) is 26.2 Å². The Morgan fingerprint density at radius 1 is 1.44 bits per heavy atom. The summed E-state index contributed by atoms with van der Waals surface area (Å²) in [5.74, 6) is 0.00393. The van der Waals surface area contributed by atoms with Crippen molar-refractivity contribution >= 4 is 17.5 Å². The molecule has 0 spiro atoms. The molecule has 2 rings (SSSR count). The van der Waals surface area contributed by atoms with Crippen LogP contribution in [0.2, 0.25) is 5.15 Å². The molecule has 0 bridgehead atoms. The van der Waals surface area contributed by atoms with Crippen LogP contribution in [0.3, 0.4) is 0 Å². The standard InChI is InChI=1S/C8H6ClN5O2/c9-6-2-1-5(12-13-6)8(15)10-3-7-11-4-16-14-7/h1-2,4H,3H2,(H,10,15). The molecule has 0 aliphatic carbocycles. The number of carbonyl (C=O) groups is 1. The maximum atomic E-state index is 11.5. The largest absolute Gasteiger partial charge is 0.343 e. The molecule has 8 heteroatoms. The number of halogens is 1. The van der Waals surface area contributed by atoms with Crippen LogP contribution in [0, 0.1) is 0 Å². The molecule has 7 nitrogen and oxygen atoms in total. The van der Waals surface area contributed by atoms with Gasteiger partial charge in [-0.2, -0.15) is 4.98 Å². The summed E-state index contributed by atoms with van der Waals surface area (Å²) in [6, 6.07) is 2.96. The van der Waals surface area contributed by atoms with E-state index in [-0.39, 0.29) is 23.3 Å². The van der Waals surface area contributed by atoms with Gasteiger partial charge in [0, 0.05) is 0 Å². The first-order chi connectivity index (χ1) is 7.75. The third kappa shape index (κ3) is 2.51. The molecule has 82 valence electrons. The Morgan fingerprint density at radius 3 is 2.94 bits per heavy atom. The average Bonchev–Trinajstić information content (AvgIpc) is 2.80. The van der Waals surface area contributed by atoms with Crippen LogP contribution in [0.1, 0.15) is 16.3 Å². The van der Waals surface area contributed by atoms with E-state index >= 15 is 0 Å². The summed E-state index contributed by atoms with van der Waals surface area (Å²) in [6.07, 6.45) is 1.18. The van der Waals surface area contributed by atoms with Crippen molar-refractivity contribution in [2.24, 2.45) is 0 Å². The third-order valence-corrected chi connectivity index (χ3v) is 1.88. The van der Waals surface area contributed by atoms with Gasteiger partial charge in [-0.3, -0.25) is 4.79 Å². The molecule has 0 aliphatic heterocycles. The lowest BCUT2D eigenvalue weighted by Crippen LogP contribution is -2.24. The zero-order valence-corrected chi connectivity index (χ0v) is 8.68. The molecular formula is C8H6ClN5O2. The number of amides is 1. The zero-order chi connectivity index (χ0) is 11.4. The van der Waals surface area contributed by atoms with Crippen molar-refractivity contribution in [1.29, 1.82) is 0 Å². The van der Waals surface area contributed by atoms with E-state index in [1.54, 1.807) is 0 Å². The fraction of sp³-hybridized carbons (Fsp3) is 0.125. The van der Waals surface area contributed by atoms with E-state index in [1.165, 1.54) is 18.5 Å². The van der Waals surface area contributed by atoms with Gasteiger partial charge in [-0.25, -0.2) is 0 Å². The van der Waals surface area contributed by atoms with Crippen LogP contribution in [0.15, 0.2) is 23.0 Å². The molecule has 0 aromatic carbocycles. The number of hydrogen-bond donors (Lipinski definition) is 1. The molecule has 0 saturated carbocycles. The Hall–Kier alpha value is -2.02. The second-order valence-electron chi connectivity index (χ2n) is 2.77. The third-order valence-electron chi connectivity index (χ3n) is 1.68. The molecule has 2 aromatic heterocycles. The Bertz CT molecular complexity index is 470. The van der Waals surface area contributed by atoms with Gasteiger partial charge in [-0.1, -0.05) is 16.8 Å². The highest BCUT2D eigenvalue weighted by Gasteiger charge is 2.08. The first-order valence-electron chi connectivity index (χ1n) is 4.28. The molecule has 2 heterocycles. The van der Waals surface area contributed by atoms with E-state index in [0.717, 1.165) is 0 Å². The topological polar surface area (TPSA) is 93.8 Å². The summed E-state index contributed by atoms with van der Waals surface area (Å²) in [6.45, 7) is 0.166. The molecule has 0 saturated heterocycles. The highest BCUT2D eigenvalue weighted by Crippen LogP contribution is 2.02. The highest BCUT2D eigenvalue weighted by molar-refractivity contribution is 6.29. The molecule has 2 aromatic rings. The summed E-state index contributed by atoms with van der Waals surface area (Å²) >= 11 is 5.54. The van der Waals surface area contributed by atoms with Crippen LogP contribution < -0.4 is 5.32 Å². The van der Waals surface area contributed by atoms with E-state index in [9.17, 15) is 4.79 Å². The van der Waals surface area contributed by atoms with Crippen molar-refractivity contribution in [3.05, 3.63) is 35.2 Å². The second-order valence-corrected chi connectivity index (χ2v) is 3.16. The molecule has 0 atom stereocenters. The molecule has 0 aliphatic rings. The normalized spacial score (nSPS) is 10.1. The Kier molecular flexibility index (Phi) is 3.06. The Morgan fingerprint density at radius 2 is 2.31 bits per heavy atom. The number of nitrogens with one attached hydrogen (secondary N) is 1. The van der Waals surface area contributed by atoms with Gasteiger partial charge in [0.15, 0.2) is 16.7 Å². The molecule has 1 amide bonds. The summed E-state index contributed by atoms with van der Waals surface area (Å²) in [7, 11) is 0. The van der Waals surface area contributed by atoms with Crippen LogP contribution in [0.5, 0.6) is 0 Å².